The summed E-state index contributed by atoms with van der Waals surface area (Å²) in [6.45, 7) is 0. The van der Waals surface area contributed by atoms with E-state index in [1.165, 1.54) is 24.3 Å². The van der Waals surface area contributed by atoms with Gasteiger partial charge < -0.3 is 16.0 Å². The Bertz CT molecular complexity index is 1390. The van der Waals surface area contributed by atoms with Crippen LogP contribution >= 0.6 is 0 Å². The van der Waals surface area contributed by atoms with E-state index in [-0.39, 0.29) is 17.5 Å². The number of anilines is 1. The van der Waals surface area contributed by atoms with Gasteiger partial charge in [-0.05, 0) is 47.5 Å². The number of halogens is 2. The van der Waals surface area contributed by atoms with Crippen molar-refractivity contribution in [3.05, 3.63) is 107 Å². The third-order valence-corrected chi connectivity index (χ3v) is 5.83. The van der Waals surface area contributed by atoms with E-state index < -0.39 is 12.2 Å². The van der Waals surface area contributed by atoms with Gasteiger partial charge in [-0.1, -0.05) is 36.4 Å². The van der Waals surface area contributed by atoms with E-state index in [1.807, 2.05) is 28.8 Å². The molecule has 0 radical (unpaired) electrons. The van der Waals surface area contributed by atoms with Gasteiger partial charge in [0, 0.05) is 0 Å². The maximum absolute atomic E-state index is 13.7. The van der Waals surface area contributed by atoms with Crippen molar-refractivity contribution in [2.24, 2.45) is 0 Å². The van der Waals surface area contributed by atoms with Crippen molar-refractivity contribution in [2.45, 2.75) is 12.2 Å². The number of carbonyl (C=O) groups is 1. The second-order valence-electron chi connectivity index (χ2n) is 7.76. The first-order chi connectivity index (χ1) is 15.6. The van der Waals surface area contributed by atoms with Gasteiger partial charge in [0.05, 0.1) is 22.6 Å². The maximum Gasteiger partial charge on any atom is 0.255 e. The molecule has 3 aromatic carbocycles. The van der Waals surface area contributed by atoms with Crippen LogP contribution in [0.5, 0.6) is 0 Å². The molecule has 2 unspecified atom stereocenters. The van der Waals surface area contributed by atoms with Gasteiger partial charge >= 0.3 is 0 Å². The average Bonchev–Trinajstić information content (AvgIpc) is 3.17. The summed E-state index contributed by atoms with van der Waals surface area (Å²) in [5.74, 6) is 0.102. The van der Waals surface area contributed by atoms with Crippen LogP contribution in [-0.4, -0.2) is 15.5 Å². The highest BCUT2D eigenvalue weighted by atomic mass is 19.1. The third kappa shape index (κ3) is 2.84. The summed E-state index contributed by atoms with van der Waals surface area (Å²) < 4.78 is 29.0. The van der Waals surface area contributed by atoms with Crippen LogP contribution in [0.1, 0.15) is 23.3 Å². The number of para-hydroxylation sites is 2. The van der Waals surface area contributed by atoms with Gasteiger partial charge in [0.25, 0.3) is 5.91 Å². The smallest absolute Gasteiger partial charge is 0.255 e. The summed E-state index contributed by atoms with van der Waals surface area (Å²) in [5.41, 5.74) is 3.56. The first kappa shape index (κ1) is 18.6. The van der Waals surface area contributed by atoms with Crippen LogP contribution in [0.4, 0.5) is 14.7 Å². The SMILES string of the molecule is O=C1NC(c2ccc(F)cc2)NC2=C1C(c1ccc(F)cc1)n1c(nc3ccccc31)N2. The van der Waals surface area contributed by atoms with Crippen molar-refractivity contribution in [1.29, 1.82) is 0 Å². The molecule has 4 aromatic rings. The molecule has 0 spiro atoms. The fourth-order valence-electron chi connectivity index (χ4n) is 4.36. The number of nitrogens with one attached hydrogen (secondary N) is 3. The molecule has 2 atom stereocenters. The second kappa shape index (κ2) is 6.91. The van der Waals surface area contributed by atoms with Gasteiger partial charge in [0.15, 0.2) is 0 Å². The minimum atomic E-state index is -0.542. The lowest BCUT2D eigenvalue weighted by Gasteiger charge is -2.37. The van der Waals surface area contributed by atoms with Crippen LogP contribution in [0.25, 0.3) is 11.0 Å². The fourth-order valence-corrected chi connectivity index (χ4v) is 4.36. The fraction of sp³-hybridized carbons (Fsp3) is 0.0833. The van der Waals surface area contributed by atoms with Gasteiger partial charge in [-0.25, -0.2) is 13.8 Å². The summed E-state index contributed by atoms with van der Waals surface area (Å²) >= 11 is 0. The van der Waals surface area contributed by atoms with Crippen molar-refractivity contribution in [2.75, 3.05) is 5.32 Å². The molecule has 2 aliphatic rings. The number of carbonyl (C=O) groups excluding carboxylic acids is 1. The van der Waals surface area contributed by atoms with E-state index in [2.05, 4.69) is 16.0 Å². The minimum Gasteiger partial charge on any atom is -0.347 e. The van der Waals surface area contributed by atoms with Gasteiger partial charge in [-0.2, -0.15) is 0 Å². The van der Waals surface area contributed by atoms with E-state index >= 15 is 0 Å². The zero-order chi connectivity index (χ0) is 21.8. The van der Waals surface area contributed by atoms with E-state index in [1.54, 1.807) is 24.3 Å². The second-order valence-corrected chi connectivity index (χ2v) is 7.76. The molecule has 1 aromatic heterocycles. The zero-order valence-electron chi connectivity index (χ0n) is 16.6. The highest BCUT2D eigenvalue weighted by molar-refractivity contribution is 5.99. The highest BCUT2D eigenvalue weighted by Gasteiger charge is 2.39. The largest absolute Gasteiger partial charge is 0.347 e. The molecular formula is C24H17F2N5O. The summed E-state index contributed by atoms with van der Waals surface area (Å²) in [6.07, 6.45) is -0.542. The predicted octanol–water partition coefficient (Wildman–Crippen LogP) is 3.96. The Morgan fingerprint density at radius 3 is 2.19 bits per heavy atom. The van der Waals surface area contributed by atoms with Crippen LogP contribution < -0.4 is 16.0 Å². The lowest BCUT2D eigenvalue weighted by molar-refractivity contribution is -0.119. The molecule has 6 nitrogen and oxygen atoms in total. The summed E-state index contributed by atoms with van der Waals surface area (Å²) in [5, 5.41) is 9.51. The molecule has 0 fully saturated rings. The monoisotopic (exact) mass is 429 g/mol. The maximum atomic E-state index is 13.7. The molecule has 6 rings (SSSR count). The van der Waals surface area contributed by atoms with Crippen LogP contribution in [0, 0.1) is 11.6 Å². The number of hydrogen-bond acceptors (Lipinski definition) is 4. The molecule has 2 aliphatic heterocycles. The number of fused-ring (bicyclic) bond motifs is 3. The normalized spacial score (nSPS) is 19.6. The zero-order valence-corrected chi connectivity index (χ0v) is 16.6. The quantitative estimate of drug-likeness (QED) is 0.451. The van der Waals surface area contributed by atoms with Crippen molar-refractivity contribution < 1.29 is 13.6 Å². The number of nitrogens with zero attached hydrogens (tertiary/aromatic N) is 2. The Hall–Kier alpha value is -4.20. The predicted molar refractivity (Wildman–Crippen MR) is 115 cm³/mol. The van der Waals surface area contributed by atoms with Crippen LogP contribution in [0.3, 0.4) is 0 Å². The van der Waals surface area contributed by atoms with E-state index in [4.69, 9.17) is 4.98 Å². The molecular weight excluding hydrogens is 412 g/mol. The molecule has 0 saturated carbocycles. The van der Waals surface area contributed by atoms with E-state index in [0.29, 0.717) is 22.9 Å². The Balaban J connectivity index is 1.51. The lowest BCUT2D eigenvalue weighted by Crippen LogP contribution is -2.49. The van der Waals surface area contributed by atoms with Crippen LogP contribution in [0.2, 0.25) is 0 Å². The Kier molecular flexibility index (Phi) is 4.01. The molecule has 8 heteroatoms. The topological polar surface area (TPSA) is 71.0 Å². The summed E-state index contributed by atoms with van der Waals surface area (Å²) in [4.78, 5) is 18.1. The number of amides is 1. The van der Waals surface area contributed by atoms with E-state index in [9.17, 15) is 13.6 Å². The Morgan fingerprint density at radius 1 is 0.812 bits per heavy atom. The van der Waals surface area contributed by atoms with Crippen molar-refractivity contribution in [1.82, 2.24) is 20.2 Å². The average molecular weight is 429 g/mol. The van der Waals surface area contributed by atoms with Crippen molar-refractivity contribution in [3.63, 3.8) is 0 Å². The number of hydrogen-bond donors (Lipinski definition) is 3. The van der Waals surface area contributed by atoms with Crippen molar-refractivity contribution >= 4 is 22.9 Å². The third-order valence-electron chi connectivity index (χ3n) is 5.83. The number of aromatic nitrogens is 2. The number of benzene rings is 3. The molecule has 1 amide bonds. The molecule has 0 saturated heterocycles. The highest BCUT2D eigenvalue weighted by Crippen LogP contribution is 2.40. The van der Waals surface area contributed by atoms with Gasteiger partial charge in [-0.15, -0.1) is 0 Å². The number of rotatable bonds is 2. The molecule has 158 valence electrons. The molecule has 0 aliphatic carbocycles. The Labute approximate surface area is 181 Å². The molecule has 3 N–H and O–H groups in total. The standard InChI is InChI=1S/C24H17F2N5O/c25-15-9-5-13(6-10-15)20-19-22(30-24-27-17-3-1-2-4-18(17)31(20)24)28-21(29-23(19)32)14-7-11-16(26)12-8-14/h1-12,20-21,28H,(H,27,30)(H,29,32). The van der Waals surface area contributed by atoms with Gasteiger partial charge in [0.2, 0.25) is 5.95 Å². The van der Waals surface area contributed by atoms with Crippen LogP contribution in [-0.2, 0) is 4.79 Å². The Morgan fingerprint density at radius 2 is 1.47 bits per heavy atom. The van der Waals surface area contributed by atoms with Gasteiger partial charge in [-0.3, -0.25) is 9.36 Å². The number of imidazole rings is 1. The summed E-state index contributed by atoms with van der Waals surface area (Å²) in [6, 6.07) is 19.2. The van der Waals surface area contributed by atoms with Crippen LogP contribution in [0.15, 0.2) is 84.2 Å². The molecule has 32 heavy (non-hydrogen) atoms. The first-order valence-corrected chi connectivity index (χ1v) is 10.1. The first-order valence-electron chi connectivity index (χ1n) is 10.1. The molecule has 3 heterocycles. The summed E-state index contributed by atoms with van der Waals surface area (Å²) in [7, 11) is 0. The van der Waals surface area contributed by atoms with Gasteiger partial charge in [0.1, 0.15) is 23.6 Å². The van der Waals surface area contributed by atoms with E-state index in [0.717, 1.165) is 16.6 Å². The van der Waals surface area contributed by atoms with Crippen molar-refractivity contribution in [3.8, 4) is 0 Å². The minimum absolute atomic E-state index is 0.279. The molecule has 0 bridgehead atoms. The lowest BCUT2D eigenvalue weighted by atomic mass is 9.94.